The second kappa shape index (κ2) is 20.2. The smallest absolute Gasteiger partial charge is 0.410 e. The van der Waals surface area contributed by atoms with Gasteiger partial charge < -0.3 is 28.2 Å². The van der Waals surface area contributed by atoms with Gasteiger partial charge in [0, 0.05) is 64.0 Å². The van der Waals surface area contributed by atoms with Gasteiger partial charge in [-0.05, 0) is 37.1 Å². The quantitative estimate of drug-likeness (QED) is 0.101. The molecule has 2 rings (SSSR count). The largest absolute Gasteiger partial charge is 0.414 e. The number of ether oxygens (including phenoxy) is 2. The maximum absolute atomic E-state index is 13.2. The van der Waals surface area contributed by atoms with E-state index in [2.05, 4.69) is 41.8 Å². The van der Waals surface area contributed by atoms with Gasteiger partial charge in [0.2, 0.25) is 0 Å². The molecule has 2 unspecified atom stereocenters. The number of carbonyl (C=O) groups excluding carboxylic acids is 4. The Morgan fingerprint density at radius 1 is 0.580 bits per heavy atom. The zero-order chi connectivity index (χ0) is 37.5. The highest BCUT2D eigenvalue weighted by molar-refractivity contribution is 5.80. The summed E-state index contributed by atoms with van der Waals surface area (Å²) in [6.07, 6.45) is 3.57. The molecule has 0 saturated heterocycles. The number of unbranched alkanes of at least 4 members (excludes halogenated alkanes) is 3. The van der Waals surface area contributed by atoms with Crippen LogP contribution in [0.3, 0.4) is 0 Å². The van der Waals surface area contributed by atoms with Crippen LogP contribution in [0.4, 0.5) is 9.59 Å². The average Bonchev–Trinajstić information content (AvgIpc) is 2.99. The molecule has 2 aromatic rings. The van der Waals surface area contributed by atoms with Gasteiger partial charge in [0.25, 0.3) is 0 Å². The zero-order valence-electron chi connectivity index (χ0n) is 32.5. The predicted octanol–water partition coefficient (Wildman–Crippen LogP) is 7.19. The van der Waals surface area contributed by atoms with Crippen LogP contribution in [0.25, 0.3) is 0 Å². The molecule has 0 spiro atoms. The summed E-state index contributed by atoms with van der Waals surface area (Å²) in [6.45, 7) is 12.3. The van der Waals surface area contributed by atoms with Crippen molar-refractivity contribution >= 4 is 23.8 Å². The van der Waals surface area contributed by atoms with Gasteiger partial charge in [0.1, 0.15) is 37.7 Å². The normalized spacial score (nSPS) is 13.8. The van der Waals surface area contributed by atoms with Crippen LogP contribution in [0.15, 0.2) is 48.5 Å². The van der Waals surface area contributed by atoms with E-state index in [4.69, 9.17) is 9.47 Å². The Morgan fingerprint density at radius 2 is 0.920 bits per heavy atom. The van der Waals surface area contributed by atoms with Crippen molar-refractivity contribution in [1.29, 1.82) is 0 Å². The third-order valence-corrected chi connectivity index (χ3v) is 8.56. The van der Waals surface area contributed by atoms with Crippen molar-refractivity contribution < 1.29 is 37.6 Å². The summed E-state index contributed by atoms with van der Waals surface area (Å²) in [6, 6.07) is 15.1. The van der Waals surface area contributed by atoms with Crippen LogP contribution in [0, 0.1) is 11.8 Å². The number of para-hydroxylation sites is 2. The summed E-state index contributed by atoms with van der Waals surface area (Å²) in [5.74, 6) is 2.28. The molecule has 10 heteroatoms. The molecule has 0 aromatic heterocycles. The molecular formula is C40H64N4O6+2. The predicted molar refractivity (Wildman–Crippen MR) is 199 cm³/mol. The molecule has 2 aromatic carbocycles. The summed E-state index contributed by atoms with van der Waals surface area (Å²) in [5.41, 5.74) is 1.81. The van der Waals surface area contributed by atoms with E-state index >= 15 is 0 Å². The minimum absolute atomic E-state index is 0.227. The summed E-state index contributed by atoms with van der Waals surface area (Å²) >= 11 is 0. The number of rotatable bonds is 21. The molecular weight excluding hydrogens is 632 g/mol. The minimum Gasteiger partial charge on any atom is -0.410 e. The Kier molecular flexibility index (Phi) is 17.1. The first-order chi connectivity index (χ1) is 23.4. The van der Waals surface area contributed by atoms with Crippen LogP contribution < -0.4 is 9.47 Å². The molecule has 0 saturated carbocycles. The van der Waals surface area contributed by atoms with Gasteiger partial charge in [0.05, 0.1) is 27.2 Å². The monoisotopic (exact) mass is 696 g/mol. The Bertz CT molecular complexity index is 1300. The molecule has 0 fully saturated rings. The van der Waals surface area contributed by atoms with Crippen molar-refractivity contribution in [3.63, 3.8) is 0 Å². The van der Waals surface area contributed by atoms with Crippen molar-refractivity contribution in [2.45, 2.75) is 79.3 Å². The molecule has 0 aliphatic rings. The minimum atomic E-state index is -0.428. The van der Waals surface area contributed by atoms with Crippen LogP contribution in [0.1, 0.15) is 77.3 Å². The Balaban J connectivity index is 1.90. The maximum atomic E-state index is 13.2. The van der Waals surface area contributed by atoms with Crippen molar-refractivity contribution in [3.8, 4) is 11.5 Å². The van der Waals surface area contributed by atoms with E-state index in [1.54, 1.807) is 40.3 Å². The van der Waals surface area contributed by atoms with Crippen molar-refractivity contribution in [2.75, 3.05) is 68.5 Å². The second-order valence-corrected chi connectivity index (χ2v) is 15.8. The van der Waals surface area contributed by atoms with Crippen molar-refractivity contribution in [2.24, 2.45) is 11.8 Å². The third-order valence-electron chi connectivity index (χ3n) is 8.56. The average molecular weight is 697 g/mol. The maximum Gasteiger partial charge on any atom is 0.414 e. The first-order valence-electron chi connectivity index (χ1n) is 18.1. The summed E-state index contributed by atoms with van der Waals surface area (Å²) in [5, 5.41) is 0. The van der Waals surface area contributed by atoms with Gasteiger partial charge in [-0.25, -0.2) is 9.59 Å². The third kappa shape index (κ3) is 15.4. The summed E-state index contributed by atoms with van der Waals surface area (Å²) < 4.78 is 12.3. The highest BCUT2D eigenvalue weighted by Gasteiger charge is 2.30. The Hall–Kier alpha value is -3.76. The van der Waals surface area contributed by atoms with E-state index in [1.807, 2.05) is 36.4 Å². The number of carbonyl (C=O) groups is 4. The van der Waals surface area contributed by atoms with Gasteiger partial charge in [-0.1, -0.05) is 64.8 Å². The standard InChI is InChI=1S/C40H64N4O6/c1-31(2)25-43(9,27-33-19-15-17-23-37(33)49-39(47)41(5)6)29-35(45)21-13-11-12-14-22-36(46)30-44(10,26-32(3)4)28-34-20-16-18-24-38(34)50-40(48)42(7)8/h15-20,23-24,31-32H,11-14,21-22,25-30H2,1-10H3/q+2. The van der Waals surface area contributed by atoms with Crippen LogP contribution in [0.2, 0.25) is 0 Å². The molecule has 0 heterocycles. The molecule has 2 atom stereocenters. The Morgan fingerprint density at radius 3 is 1.24 bits per heavy atom. The molecule has 0 N–H and O–H groups in total. The lowest BCUT2D eigenvalue weighted by molar-refractivity contribution is -0.917. The van der Waals surface area contributed by atoms with Crippen molar-refractivity contribution in [3.05, 3.63) is 59.7 Å². The SMILES string of the molecule is CC(C)C[N+](C)(CC(=O)CCCCCCC(=O)C[N+](C)(Cc1ccccc1OC(=O)N(C)C)CC(C)C)Cc1ccccc1OC(=O)N(C)C. The van der Waals surface area contributed by atoms with E-state index in [0.29, 0.717) is 71.3 Å². The van der Waals surface area contributed by atoms with Crippen LogP contribution in [0.5, 0.6) is 11.5 Å². The topological polar surface area (TPSA) is 93.2 Å². The van der Waals surface area contributed by atoms with Crippen LogP contribution in [-0.4, -0.2) is 111 Å². The van der Waals surface area contributed by atoms with Gasteiger partial charge in [0.15, 0.2) is 11.6 Å². The number of nitrogens with zero attached hydrogens (tertiary/aromatic N) is 4. The number of hydrogen-bond acceptors (Lipinski definition) is 6. The molecule has 0 aliphatic carbocycles. The Labute approximate surface area is 301 Å². The van der Waals surface area contributed by atoms with Gasteiger partial charge >= 0.3 is 12.2 Å². The highest BCUT2D eigenvalue weighted by atomic mass is 16.6. The number of ketones is 2. The van der Waals surface area contributed by atoms with Gasteiger partial charge in [-0.2, -0.15) is 0 Å². The summed E-state index contributed by atoms with van der Waals surface area (Å²) in [7, 11) is 10.8. The lowest BCUT2D eigenvalue weighted by Gasteiger charge is -2.36. The van der Waals surface area contributed by atoms with E-state index in [1.165, 1.54) is 9.80 Å². The van der Waals surface area contributed by atoms with E-state index in [9.17, 15) is 19.2 Å². The summed E-state index contributed by atoms with van der Waals surface area (Å²) in [4.78, 5) is 53.8. The first kappa shape index (κ1) is 42.4. The van der Waals surface area contributed by atoms with Crippen molar-refractivity contribution in [1.82, 2.24) is 9.80 Å². The zero-order valence-corrected chi connectivity index (χ0v) is 32.5. The lowest BCUT2D eigenvalue weighted by atomic mass is 10.0. The molecule has 0 aliphatic heterocycles. The fourth-order valence-corrected chi connectivity index (χ4v) is 6.80. The van der Waals surface area contributed by atoms with E-state index < -0.39 is 12.2 Å². The molecule has 10 nitrogen and oxygen atoms in total. The van der Waals surface area contributed by atoms with Crippen LogP contribution >= 0.6 is 0 Å². The van der Waals surface area contributed by atoms with Crippen LogP contribution in [-0.2, 0) is 22.7 Å². The molecule has 0 bridgehead atoms. The second-order valence-electron chi connectivity index (χ2n) is 15.8. The van der Waals surface area contributed by atoms with E-state index in [0.717, 1.165) is 49.9 Å². The number of benzene rings is 2. The first-order valence-corrected chi connectivity index (χ1v) is 18.1. The fraction of sp³-hybridized carbons (Fsp3) is 0.600. The van der Waals surface area contributed by atoms with Gasteiger partial charge in [-0.15, -0.1) is 0 Å². The number of amides is 2. The highest BCUT2D eigenvalue weighted by Crippen LogP contribution is 2.26. The lowest BCUT2D eigenvalue weighted by Crippen LogP contribution is -2.49. The number of likely N-dealkylation sites (N-methyl/N-ethyl adjacent to an activating group) is 2. The molecule has 50 heavy (non-hydrogen) atoms. The van der Waals surface area contributed by atoms with E-state index in [-0.39, 0.29) is 11.6 Å². The number of Topliss-reactive ketones (excluding diaryl/α,β-unsaturated/α-hetero) is 2. The molecule has 0 radical (unpaired) electrons. The fourth-order valence-electron chi connectivity index (χ4n) is 6.80. The number of quaternary nitrogens is 2. The van der Waals surface area contributed by atoms with Gasteiger partial charge in [-0.3, -0.25) is 9.59 Å². The number of hydrogen-bond donors (Lipinski definition) is 0. The molecule has 2 amide bonds. The molecule has 278 valence electrons.